The van der Waals surface area contributed by atoms with E-state index in [4.69, 9.17) is 0 Å². The monoisotopic (exact) mass is 447 g/mol. The summed E-state index contributed by atoms with van der Waals surface area (Å²) in [7, 11) is 0. The quantitative estimate of drug-likeness (QED) is 0.465. The number of amides is 1. The molecular formula is C26H25NO4S. The molecule has 0 radical (unpaired) electrons. The number of aliphatic carboxylic acids is 1. The van der Waals surface area contributed by atoms with E-state index in [0.717, 1.165) is 33.7 Å². The van der Waals surface area contributed by atoms with Crippen molar-refractivity contribution in [3.05, 3.63) is 89.5 Å². The summed E-state index contributed by atoms with van der Waals surface area (Å²) in [6.07, 6.45) is 2.54. The van der Waals surface area contributed by atoms with Crippen LogP contribution in [0.15, 0.2) is 78.4 Å². The van der Waals surface area contributed by atoms with Gasteiger partial charge < -0.3 is 10.4 Å². The number of rotatable bonds is 9. The van der Waals surface area contributed by atoms with E-state index in [1.807, 2.05) is 72.8 Å². The van der Waals surface area contributed by atoms with Crippen molar-refractivity contribution in [1.82, 2.24) is 5.32 Å². The van der Waals surface area contributed by atoms with Crippen LogP contribution in [0.2, 0.25) is 0 Å². The van der Waals surface area contributed by atoms with Crippen molar-refractivity contribution in [3.8, 4) is 0 Å². The first-order chi connectivity index (χ1) is 15.4. The molecule has 2 N–H and O–H groups in total. The third-order valence-corrected chi connectivity index (χ3v) is 5.91. The first-order valence-corrected chi connectivity index (χ1v) is 11.3. The number of hydrogen-bond donors (Lipinski definition) is 2. The molecule has 0 bridgehead atoms. The van der Waals surface area contributed by atoms with Gasteiger partial charge in [0, 0.05) is 18.2 Å². The molecule has 6 heteroatoms. The molecular weight excluding hydrogens is 422 g/mol. The fourth-order valence-electron chi connectivity index (χ4n) is 3.38. The summed E-state index contributed by atoms with van der Waals surface area (Å²) in [4.78, 5) is 36.4. The van der Waals surface area contributed by atoms with Crippen molar-refractivity contribution >= 4 is 45.6 Å². The summed E-state index contributed by atoms with van der Waals surface area (Å²) < 4.78 is 0. The Balaban J connectivity index is 1.83. The molecule has 164 valence electrons. The number of aryl methyl sites for hydroxylation is 1. The van der Waals surface area contributed by atoms with Crippen molar-refractivity contribution in [1.29, 1.82) is 0 Å². The molecule has 32 heavy (non-hydrogen) atoms. The Morgan fingerprint density at radius 1 is 0.969 bits per heavy atom. The number of carbonyl (C=O) groups excluding carboxylic acids is 2. The Bertz CT molecular complexity index is 1140. The third-order valence-electron chi connectivity index (χ3n) is 5.04. The van der Waals surface area contributed by atoms with Crippen LogP contribution in [0.25, 0.3) is 16.8 Å². The average Bonchev–Trinajstić information content (AvgIpc) is 2.79. The largest absolute Gasteiger partial charge is 0.480 e. The predicted molar refractivity (Wildman–Crippen MR) is 129 cm³/mol. The second-order valence-corrected chi connectivity index (χ2v) is 8.56. The smallest absolute Gasteiger partial charge is 0.326 e. The highest BCUT2D eigenvalue weighted by atomic mass is 32.2. The molecule has 0 aliphatic heterocycles. The van der Waals surface area contributed by atoms with Gasteiger partial charge in [-0.05, 0) is 40.8 Å². The Kier molecular flexibility index (Phi) is 8.22. The molecule has 5 nitrogen and oxygen atoms in total. The van der Waals surface area contributed by atoms with Crippen LogP contribution in [0.5, 0.6) is 0 Å². The zero-order valence-corrected chi connectivity index (χ0v) is 18.6. The number of carboxylic acid groups (broad SMARTS) is 1. The van der Waals surface area contributed by atoms with Gasteiger partial charge in [0.05, 0.1) is 0 Å². The Morgan fingerprint density at radius 2 is 1.66 bits per heavy atom. The van der Waals surface area contributed by atoms with E-state index in [-0.39, 0.29) is 17.3 Å². The van der Waals surface area contributed by atoms with Gasteiger partial charge in [0.15, 0.2) is 5.12 Å². The zero-order valence-electron chi connectivity index (χ0n) is 17.8. The second-order valence-electron chi connectivity index (χ2n) is 7.41. The maximum Gasteiger partial charge on any atom is 0.326 e. The molecule has 1 amide bonds. The molecule has 0 saturated carbocycles. The molecule has 0 aliphatic carbocycles. The van der Waals surface area contributed by atoms with Crippen LogP contribution in [-0.2, 0) is 20.8 Å². The van der Waals surface area contributed by atoms with E-state index in [9.17, 15) is 19.5 Å². The highest BCUT2D eigenvalue weighted by Crippen LogP contribution is 2.22. The zero-order chi connectivity index (χ0) is 22.9. The minimum Gasteiger partial charge on any atom is -0.480 e. The van der Waals surface area contributed by atoms with Gasteiger partial charge in [-0.3, -0.25) is 9.59 Å². The van der Waals surface area contributed by atoms with E-state index >= 15 is 0 Å². The summed E-state index contributed by atoms with van der Waals surface area (Å²) in [5.41, 5.74) is 2.20. The van der Waals surface area contributed by atoms with Gasteiger partial charge in [0.1, 0.15) is 6.04 Å². The summed E-state index contributed by atoms with van der Waals surface area (Å²) in [5, 5.41) is 14.2. The normalized spacial score (nSPS) is 12.3. The van der Waals surface area contributed by atoms with E-state index in [2.05, 4.69) is 5.32 Å². The van der Waals surface area contributed by atoms with Crippen LogP contribution in [0.3, 0.4) is 0 Å². The minimum atomic E-state index is -1.09. The Morgan fingerprint density at radius 3 is 2.38 bits per heavy atom. The topological polar surface area (TPSA) is 83.5 Å². The fraction of sp³-hybridized carbons (Fsp3) is 0.192. The van der Waals surface area contributed by atoms with Crippen LogP contribution in [0, 0.1) is 0 Å². The molecule has 3 aromatic carbocycles. The standard InChI is InChI=1S/C26H25NO4S/c1-18(28)32-17-22(16-21-12-7-11-20-10-5-6-13-23(20)21)25(29)27-24(26(30)31)15-14-19-8-3-2-4-9-19/h2-13,16,24H,14-15,17H2,1H3,(H,27,29)(H,30,31)/b22-16+/t24-/m0/s1. The lowest BCUT2D eigenvalue weighted by Crippen LogP contribution is -2.42. The number of carbonyl (C=O) groups is 3. The number of carboxylic acids is 1. The molecule has 3 aromatic rings. The number of thioether (sulfide) groups is 1. The third kappa shape index (κ3) is 6.56. The van der Waals surface area contributed by atoms with Gasteiger partial charge in [-0.25, -0.2) is 4.79 Å². The van der Waals surface area contributed by atoms with Crippen LogP contribution >= 0.6 is 11.8 Å². The number of hydrogen-bond acceptors (Lipinski definition) is 4. The summed E-state index contributed by atoms with van der Waals surface area (Å²) in [6, 6.07) is 22.1. The van der Waals surface area contributed by atoms with Crippen molar-refractivity contribution in [3.63, 3.8) is 0 Å². The van der Waals surface area contributed by atoms with Gasteiger partial charge in [-0.2, -0.15) is 0 Å². The van der Waals surface area contributed by atoms with Gasteiger partial charge in [-0.15, -0.1) is 0 Å². The van der Waals surface area contributed by atoms with Crippen molar-refractivity contribution < 1.29 is 19.5 Å². The van der Waals surface area contributed by atoms with Gasteiger partial charge in [-0.1, -0.05) is 84.6 Å². The molecule has 0 fully saturated rings. The molecule has 0 saturated heterocycles. The van der Waals surface area contributed by atoms with Crippen LogP contribution < -0.4 is 5.32 Å². The molecule has 0 spiro atoms. The van der Waals surface area contributed by atoms with Crippen LogP contribution in [0.4, 0.5) is 0 Å². The fourth-order valence-corrected chi connectivity index (χ4v) is 3.95. The average molecular weight is 448 g/mol. The Hall–Kier alpha value is -3.38. The summed E-state index contributed by atoms with van der Waals surface area (Å²) in [5.74, 6) is -1.40. The maximum absolute atomic E-state index is 13.1. The molecule has 0 aromatic heterocycles. The predicted octanol–water partition coefficient (Wildman–Crippen LogP) is 4.71. The molecule has 0 aliphatic rings. The Labute approximate surface area is 191 Å². The van der Waals surface area contributed by atoms with Crippen molar-refractivity contribution in [2.45, 2.75) is 25.8 Å². The molecule has 1 atom stereocenters. The van der Waals surface area contributed by atoms with E-state index in [1.54, 1.807) is 6.08 Å². The van der Waals surface area contributed by atoms with Crippen LogP contribution in [-0.4, -0.2) is 33.9 Å². The number of benzene rings is 3. The SMILES string of the molecule is CC(=O)SC/C(=C\c1cccc2ccccc12)C(=O)N[C@@H](CCc1ccccc1)C(=O)O. The first kappa shape index (κ1) is 23.3. The van der Waals surface area contributed by atoms with Crippen molar-refractivity contribution in [2.75, 3.05) is 5.75 Å². The maximum atomic E-state index is 13.1. The molecule has 0 heterocycles. The van der Waals surface area contributed by atoms with E-state index < -0.39 is 17.9 Å². The summed E-state index contributed by atoms with van der Waals surface area (Å²) >= 11 is 1.02. The molecule has 0 unspecified atom stereocenters. The van der Waals surface area contributed by atoms with Gasteiger partial charge in [0.2, 0.25) is 5.91 Å². The summed E-state index contributed by atoms with van der Waals surface area (Å²) in [6.45, 7) is 1.44. The van der Waals surface area contributed by atoms with E-state index in [1.165, 1.54) is 6.92 Å². The van der Waals surface area contributed by atoms with E-state index in [0.29, 0.717) is 12.0 Å². The lowest BCUT2D eigenvalue weighted by molar-refractivity contribution is -0.141. The van der Waals surface area contributed by atoms with Gasteiger partial charge >= 0.3 is 5.97 Å². The second kappa shape index (κ2) is 11.3. The first-order valence-electron chi connectivity index (χ1n) is 10.3. The number of nitrogens with one attached hydrogen (secondary N) is 1. The minimum absolute atomic E-state index is 0.111. The highest BCUT2D eigenvalue weighted by Gasteiger charge is 2.22. The lowest BCUT2D eigenvalue weighted by atomic mass is 10.0. The molecule has 3 rings (SSSR count). The highest BCUT2D eigenvalue weighted by molar-refractivity contribution is 8.13. The lowest BCUT2D eigenvalue weighted by Gasteiger charge is -2.16. The number of fused-ring (bicyclic) bond motifs is 1. The van der Waals surface area contributed by atoms with Crippen molar-refractivity contribution in [2.24, 2.45) is 0 Å². The van der Waals surface area contributed by atoms with Gasteiger partial charge in [0.25, 0.3) is 0 Å². The van der Waals surface area contributed by atoms with Crippen LogP contribution in [0.1, 0.15) is 24.5 Å².